The van der Waals surface area contributed by atoms with Crippen molar-refractivity contribution >= 4 is 0 Å². The van der Waals surface area contributed by atoms with Gasteiger partial charge < -0.3 is 0 Å². The van der Waals surface area contributed by atoms with Crippen LogP contribution in [0.25, 0.3) is 16.9 Å². The molecule has 0 saturated heterocycles. The van der Waals surface area contributed by atoms with Gasteiger partial charge in [0.2, 0.25) is 0 Å². The first-order valence-corrected chi connectivity index (χ1v) is 6.07. The van der Waals surface area contributed by atoms with E-state index in [0.29, 0.717) is 11.3 Å². The summed E-state index contributed by atoms with van der Waals surface area (Å²) in [6.07, 6.45) is 3.31. The minimum Gasteiger partial charge on any atom is -0.265 e. The van der Waals surface area contributed by atoms with E-state index in [1.165, 1.54) is 12.1 Å². The van der Waals surface area contributed by atoms with Gasteiger partial charge in [-0.05, 0) is 43.3 Å². The van der Waals surface area contributed by atoms with Crippen LogP contribution in [-0.4, -0.2) is 14.8 Å². The maximum atomic E-state index is 13.4. The second-order valence-corrected chi connectivity index (χ2v) is 4.42. The molecule has 0 N–H and O–H groups in total. The Bertz CT molecular complexity index is 751. The van der Waals surface area contributed by atoms with E-state index in [4.69, 9.17) is 0 Å². The monoisotopic (exact) mass is 271 g/mol. The Morgan fingerprint density at radius 1 is 0.950 bits per heavy atom. The second-order valence-electron chi connectivity index (χ2n) is 4.42. The summed E-state index contributed by atoms with van der Waals surface area (Å²) in [5.41, 5.74) is 2.88. The molecule has 20 heavy (non-hydrogen) atoms. The van der Waals surface area contributed by atoms with Crippen molar-refractivity contribution in [2.75, 3.05) is 0 Å². The minimum absolute atomic E-state index is 0.571. The summed E-state index contributed by atoms with van der Waals surface area (Å²) in [6.45, 7) is 1.85. The Balaban J connectivity index is 2.17. The number of aryl methyl sites for hydroxylation is 1. The van der Waals surface area contributed by atoms with E-state index in [1.54, 1.807) is 29.2 Å². The molecule has 0 fully saturated rings. The molecule has 1 aromatic carbocycles. The van der Waals surface area contributed by atoms with Gasteiger partial charge in [0.25, 0.3) is 0 Å². The van der Waals surface area contributed by atoms with Crippen molar-refractivity contribution in [3.63, 3.8) is 0 Å². The average Bonchev–Trinajstić information content (AvgIpc) is 2.85. The number of hydrogen-bond donors (Lipinski definition) is 0. The molecule has 3 nitrogen and oxygen atoms in total. The molecule has 0 amide bonds. The van der Waals surface area contributed by atoms with Gasteiger partial charge >= 0.3 is 0 Å². The molecule has 0 bridgehead atoms. The number of benzene rings is 1. The maximum absolute atomic E-state index is 13.4. The first-order valence-electron chi connectivity index (χ1n) is 6.07. The third-order valence-corrected chi connectivity index (χ3v) is 2.95. The van der Waals surface area contributed by atoms with Crippen LogP contribution < -0.4 is 0 Å². The van der Waals surface area contributed by atoms with Crippen LogP contribution in [0.15, 0.2) is 48.8 Å². The zero-order valence-corrected chi connectivity index (χ0v) is 10.7. The highest BCUT2D eigenvalue weighted by Crippen LogP contribution is 2.25. The van der Waals surface area contributed by atoms with Crippen LogP contribution in [0.1, 0.15) is 5.69 Å². The van der Waals surface area contributed by atoms with Crippen LogP contribution in [0, 0.1) is 18.6 Å². The molecule has 0 aliphatic carbocycles. The van der Waals surface area contributed by atoms with Crippen LogP contribution in [0.3, 0.4) is 0 Å². The highest BCUT2D eigenvalue weighted by Gasteiger charge is 2.12. The fourth-order valence-electron chi connectivity index (χ4n) is 2.04. The van der Waals surface area contributed by atoms with E-state index in [2.05, 4.69) is 10.1 Å². The van der Waals surface area contributed by atoms with Gasteiger partial charge in [-0.3, -0.25) is 4.98 Å². The van der Waals surface area contributed by atoms with Gasteiger partial charge in [-0.25, -0.2) is 13.5 Å². The zero-order valence-electron chi connectivity index (χ0n) is 10.7. The molecule has 3 aromatic rings. The lowest BCUT2D eigenvalue weighted by Gasteiger charge is -2.07. The average molecular weight is 271 g/mol. The highest BCUT2D eigenvalue weighted by atomic mass is 19.2. The molecule has 2 aromatic heterocycles. The predicted octanol–water partition coefficient (Wildman–Crippen LogP) is 3.52. The third kappa shape index (κ3) is 2.18. The Hall–Kier alpha value is -2.56. The van der Waals surface area contributed by atoms with Gasteiger partial charge in [0.05, 0.1) is 17.1 Å². The first kappa shape index (κ1) is 12.5. The molecular formula is C15H11F2N3. The molecular weight excluding hydrogens is 260 g/mol. The summed E-state index contributed by atoms with van der Waals surface area (Å²) in [4.78, 5) is 3.96. The molecule has 5 heteroatoms. The lowest BCUT2D eigenvalue weighted by molar-refractivity contribution is 0.509. The normalized spacial score (nSPS) is 10.8. The van der Waals surface area contributed by atoms with Crippen molar-refractivity contribution in [3.8, 4) is 16.9 Å². The van der Waals surface area contributed by atoms with Crippen LogP contribution in [-0.2, 0) is 0 Å². The van der Waals surface area contributed by atoms with Crippen LogP contribution in [0.2, 0.25) is 0 Å². The van der Waals surface area contributed by atoms with E-state index in [9.17, 15) is 8.78 Å². The van der Waals surface area contributed by atoms with E-state index >= 15 is 0 Å². The smallest absolute Gasteiger partial charge is 0.159 e. The summed E-state index contributed by atoms with van der Waals surface area (Å²) in [5.74, 6) is -1.73. The number of hydrogen-bond acceptors (Lipinski definition) is 2. The Morgan fingerprint density at radius 3 is 2.40 bits per heavy atom. The zero-order chi connectivity index (χ0) is 14.1. The molecule has 0 aliphatic heterocycles. The molecule has 0 aliphatic rings. The Labute approximate surface area is 114 Å². The molecule has 100 valence electrons. The second kappa shape index (κ2) is 4.85. The van der Waals surface area contributed by atoms with Crippen molar-refractivity contribution in [1.29, 1.82) is 0 Å². The van der Waals surface area contributed by atoms with Crippen molar-refractivity contribution < 1.29 is 8.78 Å². The van der Waals surface area contributed by atoms with Crippen LogP contribution in [0.5, 0.6) is 0 Å². The lowest BCUT2D eigenvalue weighted by Crippen LogP contribution is -1.99. The van der Waals surface area contributed by atoms with Gasteiger partial charge in [-0.15, -0.1) is 0 Å². The number of halogens is 2. The topological polar surface area (TPSA) is 30.7 Å². The fourth-order valence-corrected chi connectivity index (χ4v) is 2.04. The minimum atomic E-state index is -0.873. The quantitative estimate of drug-likeness (QED) is 0.714. The molecule has 2 heterocycles. The molecule has 0 radical (unpaired) electrons. The van der Waals surface area contributed by atoms with Gasteiger partial charge in [0.15, 0.2) is 11.6 Å². The van der Waals surface area contributed by atoms with Crippen molar-refractivity contribution in [3.05, 3.63) is 66.1 Å². The number of rotatable bonds is 2. The van der Waals surface area contributed by atoms with Gasteiger partial charge in [0.1, 0.15) is 0 Å². The highest BCUT2D eigenvalue weighted by molar-refractivity contribution is 5.62. The predicted molar refractivity (Wildman–Crippen MR) is 71.4 cm³/mol. The SMILES string of the molecule is Cc1cc(-c2ccc(F)c(F)c2)n(-c2ccncc2)n1. The van der Waals surface area contributed by atoms with E-state index in [1.807, 2.05) is 13.0 Å². The summed E-state index contributed by atoms with van der Waals surface area (Å²) >= 11 is 0. The van der Waals surface area contributed by atoms with E-state index in [0.717, 1.165) is 17.4 Å². The Morgan fingerprint density at radius 2 is 1.70 bits per heavy atom. The summed E-state index contributed by atoms with van der Waals surface area (Å²) in [7, 11) is 0. The molecule has 0 atom stereocenters. The summed E-state index contributed by atoms with van der Waals surface area (Å²) < 4.78 is 28.1. The van der Waals surface area contributed by atoms with Gasteiger partial charge in [-0.2, -0.15) is 5.10 Å². The van der Waals surface area contributed by atoms with E-state index in [-0.39, 0.29) is 0 Å². The number of pyridine rings is 1. The molecule has 0 unspecified atom stereocenters. The number of nitrogens with zero attached hydrogens (tertiary/aromatic N) is 3. The van der Waals surface area contributed by atoms with Crippen molar-refractivity contribution in [2.45, 2.75) is 6.92 Å². The standard InChI is InChI=1S/C15H11F2N3/c1-10-8-15(11-2-3-13(16)14(17)9-11)20(19-10)12-4-6-18-7-5-12/h2-9H,1H3. The van der Waals surface area contributed by atoms with Crippen LogP contribution in [0.4, 0.5) is 8.78 Å². The molecule has 0 spiro atoms. The Kier molecular flexibility index (Phi) is 3.02. The van der Waals surface area contributed by atoms with Crippen LogP contribution >= 0.6 is 0 Å². The molecule has 0 saturated carbocycles. The summed E-state index contributed by atoms with van der Waals surface area (Å²) in [5, 5.41) is 4.38. The maximum Gasteiger partial charge on any atom is 0.159 e. The van der Waals surface area contributed by atoms with Gasteiger partial charge in [0, 0.05) is 18.0 Å². The van der Waals surface area contributed by atoms with Gasteiger partial charge in [-0.1, -0.05) is 0 Å². The third-order valence-electron chi connectivity index (χ3n) is 2.95. The largest absolute Gasteiger partial charge is 0.265 e. The van der Waals surface area contributed by atoms with Crippen molar-refractivity contribution in [2.24, 2.45) is 0 Å². The summed E-state index contributed by atoms with van der Waals surface area (Å²) in [6, 6.07) is 9.25. The van der Waals surface area contributed by atoms with Crippen molar-refractivity contribution in [1.82, 2.24) is 14.8 Å². The first-order chi connectivity index (χ1) is 9.65. The molecule has 3 rings (SSSR count). The van der Waals surface area contributed by atoms with E-state index < -0.39 is 11.6 Å². The lowest BCUT2D eigenvalue weighted by atomic mass is 10.1. The number of aromatic nitrogens is 3. The fraction of sp³-hybridized carbons (Fsp3) is 0.0667.